The third-order valence-electron chi connectivity index (χ3n) is 16.8. The number of fused-ring (bicyclic) bond motifs is 6. The molecule has 7 aliphatic heterocycles. The van der Waals surface area contributed by atoms with Crippen molar-refractivity contribution in [2.24, 2.45) is 0 Å². The Morgan fingerprint density at radius 3 is 2.52 bits per heavy atom. The maximum absolute atomic E-state index is 17.3. The van der Waals surface area contributed by atoms with Gasteiger partial charge in [0.05, 0.1) is 10.9 Å². The molecule has 7 aliphatic rings. The lowest BCUT2D eigenvalue weighted by molar-refractivity contribution is -0.136. The van der Waals surface area contributed by atoms with Crippen molar-refractivity contribution in [1.82, 2.24) is 39.9 Å². The van der Waals surface area contributed by atoms with E-state index in [9.17, 15) is 24.3 Å². The number of hydrogen-bond donors (Lipinski definition) is 2. The van der Waals surface area contributed by atoms with Gasteiger partial charge in [0.25, 0.3) is 5.91 Å². The molecule has 0 spiro atoms. The number of nitrogens with one attached hydrogen (secondary N) is 1. The summed E-state index contributed by atoms with van der Waals surface area (Å²) in [6.07, 6.45) is 8.25. The van der Waals surface area contributed by atoms with Crippen molar-refractivity contribution >= 4 is 57.0 Å². The fraction of sp³-hybridized carbons (Fsp3) is 0.491. The number of aromatic nitrogens is 3. The molecule has 3 aromatic carbocycles. The van der Waals surface area contributed by atoms with Crippen LogP contribution in [0.15, 0.2) is 54.7 Å². The van der Waals surface area contributed by atoms with Gasteiger partial charge in [-0.1, -0.05) is 31.2 Å². The highest BCUT2D eigenvalue weighted by atomic mass is 19.1. The molecule has 17 nitrogen and oxygen atoms in total. The molecule has 18 heteroatoms. The number of amides is 4. The minimum absolute atomic E-state index is 0.00759. The van der Waals surface area contributed by atoms with E-state index in [1.54, 1.807) is 34.2 Å². The highest BCUT2D eigenvalue weighted by Crippen LogP contribution is 2.44. The van der Waals surface area contributed by atoms with Crippen molar-refractivity contribution in [2.75, 3.05) is 75.9 Å². The zero-order valence-electron chi connectivity index (χ0n) is 40.2. The molecule has 9 heterocycles. The fourth-order valence-corrected chi connectivity index (χ4v) is 13.0. The predicted molar refractivity (Wildman–Crippen MR) is 263 cm³/mol. The monoisotopic (exact) mass is 966 g/mol. The molecule has 3 unspecified atom stereocenters. The highest BCUT2D eigenvalue weighted by Gasteiger charge is 2.50. The second-order valence-electron chi connectivity index (χ2n) is 20.6. The van der Waals surface area contributed by atoms with Crippen LogP contribution in [0.4, 0.5) is 20.7 Å². The largest absolute Gasteiger partial charge is 0.508 e. The molecule has 2 N–H and O–H groups in total. The van der Waals surface area contributed by atoms with Crippen LogP contribution < -0.4 is 19.9 Å². The number of imide groups is 1. The molecule has 0 radical (unpaired) electrons. The summed E-state index contributed by atoms with van der Waals surface area (Å²) < 4.78 is 30.0. The third kappa shape index (κ3) is 7.84. The number of nitrogens with zero attached hydrogens (tertiary/aromatic N) is 9. The molecule has 71 heavy (non-hydrogen) atoms. The summed E-state index contributed by atoms with van der Waals surface area (Å²) in [4.78, 5) is 78.7. The first-order valence-electron chi connectivity index (χ1n) is 25.4. The number of likely N-dealkylation sites (N-methyl/N-ethyl adjacent to an activating group) is 1. The second-order valence-corrected chi connectivity index (χ2v) is 20.6. The molecule has 6 saturated heterocycles. The number of aromatic hydroxyl groups is 1. The highest BCUT2D eigenvalue weighted by molar-refractivity contribution is 6.06. The lowest BCUT2D eigenvalue weighted by Crippen LogP contribution is -2.52. The van der Waals surface area contributed by atoms with Gasteiger partial charge in [-0.2, -0.15) is 9.97 Å². The smallest absolute Gasteiger partial charge is 0.409 e. The molecule has 370 valence electrons. The Bertz CT molecular complexity index is 2990. The molecule has 6 fully saturated rings. The summed E-state index contributed by atoms with van der Waals surface area (Å²) in [6, 6.07) is 14.9. The fourth-order valence-electron chi connectivity index (χ4n) is 13.0. The number of anilines is 2. The number of halogens is 1. The molecule has 5 atom stereocenters. The van der Waals surface area contributed by atoms with Crippen molar-refractivity contribution in [3.8, 4) is 23.0 Å². The third-order valence-corrected chi connectivity index (χ3v) is 16.8. The lowest BCUT2D eigenvalue weighted by atomic mass is 9.95. The number of carbonyl (C=O) groups excluding carboxylic acids is 4. The van der Waals surface area contributed by atoms with Gasteiger partial charge in [-0.3, -0.25) is 34.5 Å². The maximum atomic E-state index is 17.3. The number of pyridine rings is 1. The Balaban J connectivity index is 0.733. The van der Waals surface area contributed by atoms with Gasteiger partial charge in [0, 0.05) is 98.9 Å². The molecule has 0 saturated carbocycles. The lowest BCUT2D eigenvalue weighted by Gasteiger charge is -2.40. The van der Waals surface area contributed by atoms with Crippen LogP contribution in [0.25, 0.3) is 32.9 Å². The summed E-state index contributed by atoms with van der Waals surface area (Å²) in [6.45, 7) is 7.23. The topological polar surface area (TPSA) is 177 Å². The predicted octanol–water partition coefficient (Wildman–Crippen LogP) is 5.63. The zero-order valence-corrected chi connectivity index (χ0v) is 40.2. The van der Waals surface area contributed by atoms with Crippen LogP contribution in [0.3, 0.4) is 0 Å². The molecule has 4 amide bonds. The van der Waals surface area contributed by atoms with Crippen molar-refractivity contribution in [2.45, 2.75) is 101 Å². The van der Waals surface area contributed by atoms with E-state index < -0.39 is 17.8 Å². The number of rotatable bonds is 10. The average molecular weight is 967 g/mol. The minimum atomic E-state index is -0.688. The van der Waals surface area contributed by atoms with Gasteiger partial charge in [-0.15, -0.1) is 0 Å². The van der Waals surface area contributed by atoms with E-state index in [0.717, 1.165) is 92.2 Å². The number of aryl methyl sites for hydroxylation is 1. The van der Waals surface area contributed by atoms with Gasteiger partial charge < -0.3 is 34.2 Å². The summed E-state index contributed by atoms with van der Waals surface area (Å²) in [5.74, 6) is -0.918. The van der Waals surface area contributed by atoms with Crippen LogP contribution >= 0.6 is 0 Å². The Morgan fingerprint density at radius 1 is 0.930 bits per heavy atom. The molecule has 2 bridgehead atoms. The van der Waals surface area contributed by atoms with Gasteiger partial charge in [0.15, 0.2) is 5.82 Å². The summed E-state index contributed by atoms with van der Waals surface area (Å²) in [5.41, 5.74) is 3.78. The number of phenolic OH excluding ortho intramolecular Hbond substituents is 1. The van der Waals surface area contributed by atoms with E-state index in [0.29, 0.717) is 73.6 Å². The van der Waals surface area contributed by atoms with Crippen molar-refractivity contribution in [3.05, 3.63) is 77.2 Å². The van der Waals surface area contributed by atoms with Crippen molar-refractivity contribution < 1.29 is 38.1 Å². The Kier molecular flexibility index (Phi) is 11.5. The molecule has 0 aliphatic carbocycles. The number of ether oxygens (including phenoxy) is 2. The Morgan fingerprint density at radius 2 is 1.73 bits per heavy atom. The van der Waals surface area contributed by atoms with Crippen LogP contribution in [0.2, 0.25) is 0 Å². The maximum Gasteiger partial charge on any atom is 0.409 e. The Hall–Kier alpha value is -6.66. The van der Waals surface area contributed by atoms with Crippen LogP contribution in [0, 0.1) is 5.82 Å². The second kappa shape index (κ2) is 17.9. The molecular weight excluding hydrogens is 908 g/mol. The normalized spacial score (nSPS) is 25.6. The van der Waals surface area contributed by atoms with Crippen LogP contribution in [0.1, 0.15) is 79.8 Å². The van der Waals surface area contributed by atoms with Gasteiger partial charge >= 0.3 is 12.1 Å². The molecule has 5 aromatic rings. The van der Waals surface area contributed by atoms with Crippen LogP contribution in [-0.4, -0.2) is 159 Å². The standard InChI is InChI=1S/C53H59FN10O7/c1-3-31-7-4-8-32-23-36(65)24-38(44(31)32)46-45(54)47-39(25-55-46)48(62-26-33-11-12-34(27-62)59(33)2)58-51(57-47)71-30-53-16-6-18-64(53)35(15-17-53)29-70-52(69)61-21-19-60(20-22-61)41-10-5-9-37-40(41)28-63(50(37)68)42-13-14-43(66)56-49(42)67/h4-5,7-10,23-25,33-35,42,65H,3,6,11-22,26-30H2,1-2H3,(H,56,66,67)/t33?,34?,35-,42?,53-/m1/s1. The van der Waals surface area contributed by atoms with Crippen molar-refractivity contribution in [1.29, 1.82) is 0 Å². The molecule has 2 aromatic heterocycles. The number of piperidine rings is 1. The SMILES string of the molecule is CCc1cccc2cc(O)cc(-c3ncc4c(N5CC6CCC(C5)N6C)nc(OC[C@]56CCCN5[C@@H](COC(=O)N5CCN(c7cccc8c7CN(C7CCC(=O)NC7=O)C8=O)CC5)CC6)nc4c3F)c12. The average Bonchev–Trinajstić information content (AvgIpc) is 4.09. The van der Waals surface area contributed by atoms with E-state index in [1.807, 2.05) is 30.3 Å². The first-order chi connectivity index (χ1) is 34.5. The zero-order chi connectivity index (χ0) is 48.7. The van der Waals surface area contributed by atoms with Crippen LogP contribution in [-0.2, 0) is 27.3 Å². The van der Waals surface area contributed by atoms with E-state index >= 15 is 4.39 Å². The van der Waals surface area contributed by atoms with Gasteiger partial charge in [-0.05, 0) is 106 Å². The Labute approximate surface area is 410 Å². The number of carbonyl (C=O) groups is 4. The number of benzene rings is 3. The molecule has 12 rings (SSSR count). The van der Waals surface area contributed by atoms with Crippen molar-refractivity contribution in [3.63, 3.8) is 0 Å². The van der Waals surface area contributed by atoms with Gasteiger partial charge in [-0.25, -0.2) is 9.18 Å². The van der Waals surface area contributed by atoms with Crippen LogP contribution in [0.5, 0.6) is 11.8 Å². The summed E-state index contributed by atoms with van der Waals surface area (Å²) in [7, 11) is 2.18. The number of hydrogen-bond acceptors (Lipinski definition) is 14. The first kappa shape index (κ1) is 45.5. The van der Waals surface area contributed by atoms with E-state index in [4.69, 9.17) is 24.4 Å². The van der Waals surface area contributed by atoms with E-state index in [2.05, 4.69) is 38.9 Å². The quantitative estimate of drug-likeness (QED) is 0.165. The number of phenols is 1. The number of piperazine rings is 2. The van der Waals surface area contributed by atoms with E-state index in [-0.39, 0.29) is 72.0 Å². The van der Waals surface area contributed by atoms with E-state index in [1.165, 1.54) is 0 Å². The van der Waals surface area contributed by atoms with Gasteiger partial charge in [0.1, 0.15) is 42.0 Å². The van der Waals surface area contributed by atoms with Gasteiger partial charge in [0.2, 0.25) is 11.8 Å². The summed E-state index contributed by atoms with van der Waals surface area (Å²) >= 11 is 0. The first-order valence-corrected chi connectivity index (χ1v) is 25.4. The minimum Gasteiger partial charge on any atom is -0.508 e. The molecular formula is C53H59FN10O7. The summed E-state index contributed by atoms with van der Waals surface area (Å²) in [5, 5.41) is 15.4.